The van der Waals surface area contributed by atoms with Gasteiger partial charge >= 0.3 is 5.97 Å². The molecule has 0 bridgehead atoms. The van der Waals surface area contributed by atoms with Crippen LogP contribution in [0.5, 0.6) is 0 Å². The van der Waals surface area contributed by atoms with E-state index in [9.17, 15) is 4.79 Å². The van der Waals surface area contributed by atoms with E-state index in [-0.39, 0.29) is 6.42 Å². The summed E-state index contributed by atoms with van der Waals surface area (Å²) < 4.78 is 0. The quantitative estimate of drug-likeness (QED) is 0.890. The Bertz CT molecular complexity index is 596. The number of carboxylic acid groups (broad SMARTS) is 1. The molecule has 0 unspecified atom stereocenters. The molecule has 100 valence electrons. The summed E-state index contributed by atoms with van der Waals surface area (Å²) in [6, 6.07) is 7.84. The first kappa shape index (κ1) is 13.3. The molecule has 1 N–H and O–H groups in total. The number of benzene rings is 1. The lowest BCUT2D eigenvalue weighted by atomic mass is 10.2. The van der Waals surface area contributed by atoms with Gasteiger partial charge in [0.2, 0.25) is 0 Å². The monoisotopic (exact) mass is 259 g/mol. The molecular formula is C14H17N3O2. The minimum atomic E-state index is -0.784. The zero-order valence-electron chi connectivity index (χ0n) is 11.1. The number of hydrogen-bond acceptors (Lipinski definition) is 4. The average molecular weight is 259 g/mol. The van der Waals surface area contributed by atoms with E-state index >= 15 is 0 Å². The van der Waals surface area contributed by atoms with Crippen molar-refractivity contribution in [2.24, 2.45) is 0 Å². The van der Waals surface area contributed by atoms with Crippen molar-refractivity contribution in [3.05, 3.63) is 30.1 Å². The Hall–Kier alpha value is -2.17. The van der Waals surface area contributed by atoms with Crippen molar-refractivity contribution in [1.82, 2.24) is 9.97 Å². The number of anilines is 1. The normalized spacial score (nSPS) is 10.6. The van der Waals surface area contributed by atoms with Crippen molar-refractivity contribution in [2.75, 3.05) is 19.0 Å². The van der Waals surface area contributed by atoms with Crippen LogP contribution in [0.2, 0.25) is 0 Å². The first-order valence-electron chi connectivity index (χ1n) is 6.22. The fourth-order valence-electron chi connectivity index (χ4n) is 1.96. The number of aliphatic carboxylic acids is 1. The Morgan fingerprint density at radius 1 is 1.26 bits per heavy atom. The fourth-order valence-corrected chi connectivity index (χ4v) is 1.96. The van der Waals surface area contributed by atoms with Gasteiger partial charge in [0, 0.05) is 32.3 Å². The molecule has 2 rings (SSSR count). The molecule has 0 fully saturated rings. The maximum absolute atomic E-state index is 10.5. The second-order valence-electron chi connectivity index (χ2n) is 4.62. The van der Waals surface area contributed by atoms with Crippen LogP contribution in [0.15, 0.2) is 24.3 Å². The Morgan fingerprint density at radius 3 is 2.68 bits per heavy atom. The van der Waals surface area contributed by atoms with Crippen LogP contribution in [0.25, 0.3) is 10.9 Å². The maximum atomic E-state index is 10.5. The van der Waals surface area contributed by atoms with Crippen LogP contribution in [0.4, 0.5) is 5.82 Å². The van der Waals surface area contributed by atoms with Crippen molar-refractivity contribution in [3.63, 3.8) is 0 Å². The lowest BCUT2D eigenvalue weighted by molar-refractivity contribution is -0.137. The number of rotatable bonds is 5. The molecule has 5 heteroatoms. The van der Waals surface area contributed by atoms with Crippen LogP contribution in [0.3, 0.4) is 0 Å². The zero-order valence-corrected chi connectivity index (χ0v) is 11.1. The van der Waals surface area contributed by atoms with Crippen molar-refractivity contribution in [1.29, 1.82) is 0 Å². The molecule has 0 aliphatic carbocycles. The number of aryl methyl sites for hydroxylation is 1. The predicted molar refractivity (Wildman–Crippen MR) is 74.4 cm³/mol. The highest BCUT2D eigenvalue weighted by molar-refractivity contribution is 5.89. The highest BCUT2D eigenvalue weighted by Gasteiger charge is 2.09. The number of aromatic nitrogens is 2. The molecule has 0 saturated carbocycles. The maximum Gasteiger partial charge on any atom is 0.303 e. The largest absolute Gasteiger partial charge is 0.481 e. The molecule has 0 spiro atoms. The van der Waals surface area contributed by atoms with Gasteiger partial charge in [-0.25, -0.2) is 9.97 Å². The van der Waals surface area contributed by atoms with Gasteiger partial charge in [-0.3, -0.25) is 4.79 Å². The third kappa shape index (κ3) is 3.19. The first-order valence-corrected chi connectivity index (χ1v) is 6.22. The van der Waals surface area contributed by atoms with Crippen LogP contribution in [-0.4, -0.2) is 35.1 Å². The molecule has 1 aromatic carbocycles. The molecule has 1 heterocycles. The highest BCUT2D eigenvalue weighted by Crippen LogP contribution is 2.22. The molecule has 0 saturated heterocycles. The zero-order chi connectivity index (χ0) is 13.8. The third-order valence-electron chi connectivity index (χ3n) is 2.84. The minimum absolute atomic E-state index is 0.146. The topological polar surface area (TPSA) is 66.3 Å². The third-order valence-corrected chi connectivity index (χ3v) is 2.84. The SMILES string of the molecule is CN(C)c1nc(CCCC(=O)O)nc2ccccc12. The summed E-state index contributed by atoms with van der Waals surface area (Å²) in [5.74, 6) is 0.785. The van der Waals surface area contributed by atoms with E-state index < -0.39 is 5.97 Å². The van der Waals surface area contributed by atoms with Gasteiger partial charge in [0.25, 0.3) is 0 Å². The number of hydrogen-bond donors (Lipinski definition) is 1. The number of carboxylic acids is 1. The molecule has 19 heavy (non-hydrogen) atoms. The summed E-state index contributed by atoms with van der Waals surface area (Å²) >= 11 is 0. The van der Waals surface area contributed by atoms with E-state index in [0.717, 1.165) is 16.7 Å². The Kier molecular flexibility index (Phi) is 3.94. The van der Waals surface area contributed by atoms with E-state index in [1.54, 1.807) is 0 Å². The standard InChI is InChI=1S/C14H17N3O2/c1-17(2)14-10-6-3-4-7-11(10)15-12(16-14)8-5-9-13(18)19/h3-4,6-7H,5,8-9H2,1-2H3,(H,18,19). The second kappa shape index (κ2) is 5.65. The smallest absolute Gasteiger partial charge is 0.303 e. The van der Waals surface area contributed by atoms with Gasteiger partial charge in [0.1, 0.15) is 11.6 Å². The molecule has 0 aliphatic heterocycles. The van der Waals surface area contributed by atoms with E-state index in [1.807, 2.05) is 43.3 Å². The number of nitrogens with zero attached hydrogens (tertiary/aromatic N) is 3. The van der Waals surface area contributed by atoms with Crippen LogP contribution in [-0.2, 0) is 11.2 Å². The average Bonchev–Trinajstić information content (AvgIpc) is 2.37. The number of fused-ring (bicyclic) bond motifs is 1. The summed E-state index contributed by atoms with van der Waals surface area (Å²) in [6.45, 7) is 0. The van der Waals surface area contributed by atoms with E-state index in [1.165, 1.54) is 0 Å². The second-order valence-corrected chi connectivity index (χ2v) is 4.62. The van der Waals surface area contributed by atoms with Gasteiger partial charge < -0.3 is 10.0 Å². The van der Waals surface area contributed by atoms with Gasteiger partial charge in [-0.2, -0.15) is 0 Å². The molecule has 0 atom stereocenters. The van der Waals surface area contributed by atoms with Gasteiger partial charge in [0.15, 0.2) is 0 Å². The number of para-hydroxylation sites is 1. The van der Waals surface area contributed by atoms with Crippen molar-refractivity contribution in [2.45, 2.75) is 19.3 Å². The molecular weight excluding hydrogens is 242 g/mol. The van der Waals surface area contributed by atoms with Crippen molar-refractivity contribution < 1.29 is 9.90 Å². The van der Waals surface area contributed by atoms with E-state index in [2.05, 4.69) is 9.97 Å². The minimum Gasteiger partial charge on any atom is -0.481 e. The molecule has 0 aliphatic rings. The van der Waals surface area contributed by atoms with E-state index in [4.69, 9.17) is 5.11 Å². The van der Waals surface area contributed by atoms with Gasteiger partial charge in [-0.1, -0.05) is 12.1 Å². The summed E-state index contributed by atoms with van der Waals surface area (Å²) in [5, 5.41) is 9.67. The predicted octanol–water partition coefficient (Wildman–Crippen LogP) is 2.10. The Balaban J connectivity index is 2.32. The summed E-state index contributed by atoms with van der Waals surface area (Å²) in [4.78, 5) is 21.5. The summed E-state index contributed by atoms with van der Waals surface area (Å²) in [7, 11) is 3.88. The van der Waals surface area contributed by atoms with Crippen LogP contribution in [0, 0.1) is 0 Å². The molecule has 0 radical (unpaired) electrons. The van der Waals surface area contributed by atoms with Crippen LogP contribution < -0.4 is 4.90 Å². The first-order chi connectivity index (χ1) is 9.08. The van der Waals surface area contributed by atoms with Crippen LogP contribution >= 0.6 is 0 Å². The van der Waals surface area contributed by atoms with Crippen molar-refractivity contribution >= 4 is 22.7 Å². The molecule has 1 aromatic heterocycles. The Labute approximate surface area is 111 Å². The summed E-state index contributed by atoms with van der Waals surface area (Å²) in [5.41, 5.74) is 0.895. The fraction of sp³-hybridized carbons (Fsp3) is 0.357. The highest BCUT2D eigenvalue weighted by atomic mass is 16.4. The lowest BCUT2D eigenvalue weighted by Gasteiger charge is -2.15. The lowest BCUT2D eigenvalue weighted by Crippen LogP contribution is -2.13. The molecule has 2 aromatic rings. The molecule has 0 amide bonds. The van der Waals surface area contributed by atoms with Crippen LogP contribution in [0.1, 0.15) is 18.7 Å². The van der Waals surface area contributed by atoms with Crippen molar-refractivity contribution in [3.8, 4) is 0 Å². The molecule has 5 nitrogen and oxygen atoms in total. The number of carbonyl (C=O) groups is 1. The van der Waals surface area contributed by atoms with Gasteiger partial charge in [-0.15, -0.1) is 0 Å². The Morgan fingerprint density at radius 2 is 2.00 bits per heavy atom. The van der Waals surface area contributed by atoms with Gasteiger partial charge in [0.05, 0.1) is 5.52 Å². The van der Waals surface area contributed by atoms with Gasteiger partial charge in [-0.05, 0) is 18.6 Å². The van der Waals surface area contributed by atoms with E-state index in [0.29, 0.717) is 18.7 Å². The summed E-state index contributed by atoms with van der Waals surface area (Å²) in [6.07, 6.45) is 1.28.